The zero-order valence-electron chi connectivity index (χ0n) is 63.5. The molecule has 5 aromatic rings. The van der Waals surface area contributed by atoms with Gasteiger partial charge >= 0.3 is 59.7 Å². The molecule has 0 saturated carbocycles. The molecule has 117 heavy (non-hydrogen) atoms. The van der Waals surface area contributed by atoms with Crippen LogP contribution in [0.2, 0.25) is 0 Å². The van der Waals surface area contributed by atoms with Crippen molar-refractivity contribution in [3.8, 4) is 0 Å². The monoisotopic (exact) mass is 1680 g/mol. The van der Waals surface area contributed by atoms with Crippen LogP contribution in [0, 0.1) is 0 Å². The number of aliphatic carboxylic acids is 10. The fourth-order valence-electron chi connectivity index (χ4n) is 12.4. The molecule has 0 aliphatic carbocycles. The number of fused-ring (bicyclic) bond motifs is 1. The number of likely N-dealkylation sites (N-methyl/N-ethyl adjacent to an activating group) is 1. The van der Waals surface area contributed by atoms with Gasteiger partial charge in [-0.3, -0.25) is 101 Å². The number of carboxylic acids is 10. The summed E-state index contributed by atoms with van der Waals surface area (Å²) in [5.74, 6) is -17.1. The number of amides is 5. The number of imidazole rings is 1. The van der Waals surface area contributed by atoms with E-state index < -0.39 is 191 Å². The number of H-pyrrole nitrogens is 2. The number of carbonyl (C=O) groups is 15. The summed E-state index contributed by atoms with van der Waals surface area (Å²) < 4.78 is 0. The normalized spacial score (nSPS) is 12.5. The van der Waals surface area contributed by atoms with Crippen LogP contribution in [0.4, 0.5) is 11.4 Å². The van der Waals surface area contributed by atoms with E-state index in [4.69, 9.17) is 24.4 Å². The number of carboxylic acid groups (broad SMARTS) is 10. The molecule has 636 valence electrons. The first-order valence-corrected chi connectivity index (χ1v) is 37.0. The van der Waals surface area contributed by atoms with Crippen LogP contribution in [0.5, 0.6) is 0 Å². The number of carbonyl (C=O) groups excluding carboxylic acids is 5. The van der Waals surface area contributed by atoms with Gasteiger partial charge < -0.3 is 109 Å². The smallest absolute Gasteiger partial charge is 0.317 e. The summed E-state index contributed by atoms with van der Waals surface area (Å²) in [5, 5.41) is 122. The van der Waals surface area contributed by atoms with E-state index >= 15 is 0 Å². The number of benzene rings is 3. The highest BCUT2D eigenvalue weighted by atomic mass is 32.1. The van der Waals surface area contributed by atoms with Gasteiger partial charge in [0.2, 0.25) is 29.5 Å². The van der Waals surface area contributed by atoms with Gasteiger partial charge in [-0.05, 0) is 104 Å². The lowest BCUT2D eigenvalue weighted by Gasteiger charge is -2.34. The van der Waals surface area contributed by atoms with E-state index in [1.54, 1.807) is 66.9 Å². The van der Waals surface area contributed by atoms with Crippen LogP contribution in [-0.2, 0) is 97.6 Å². The van der Waals surface area contributed by atoms with E-state index in [1.165, 1.54) is 29.4 Å². The number of anilines is 2. The number of nitrogens with zero attached hydrogens (tertiary/aromatic N) is 7. The number of hydrogen-bond donors (Lipinski definition) is 21. The van der Waals surface area contributed by atoms with Gasteiger partial charge in [0.1, 0.15) is 18.1 Å². The summed E-state index contributed by atoms with van der Waals surface area (Å²) in [4.78, 5) is 205. The van der Waals surface area contributed by atoms with E-state index in [9.17, 15) is 123 Å². The molecular formula is C72H96N18O25S2. The molecule has 21 N–H and O–H groups in total. The first kappa shape index (κ1) is 95.2. The molecule has 2 heterocycles. The molecule has 3 aromatic carbocycles. The van der Waals surface area contributed by atoms with Crippen molar-refractivity contribution in [3.05, 3.63) is 114 Å². The van der Waals surface area contributed by atoms with E-state index in [0.29, 0.717) is 33.8 Å². The number of thiocarbonyl (C=S) groups is 2. The molecule has 0 aliphatic rings. The van der Waals surface area contributed by atoms with Crippen molar-refractivity contribution in [3.63, 3.8) is 0 Å². The topological polar surface area (TPSA) is 631 Å². The molecule has 0 spiro atoms. The fraction of sp³-hybridized carbons (Fsp3) is 0.444. The SMILES string of the molecule is CNC(=O)C(Cc1cnc[nH]1)NC(=O)[C@@H](Cc1c[nH]c2ccccc12)NC(=O)[C@@H](CCCCNC(=O)CNC(=S)Nc1ccc(CC(CN(CCN(CC(=O)O)CC(=O)O)CC(=O)O)N(CC(=O)O)CC(=O)O)cc1)NC(=O)CNC(=S)Nc1ccc(CC(CN(CCN(CC(=O)O)CC(=O)O)CC(=O)O)N(CC(=O)O)CC(=O)O)cc1. The Bertz CT molecular complexity index is 4190. The van der Waals surface area contributed by atoms with E-state index in [2.05, 4.69) is 62.8 Å². The van der Waals surface area contributed by atoms with Gasteiger partial charge in [0.25, 0.3) is 0 Å². The minimum atomic E-state index is -1.40. The van der Waals surface area contributed by atoms with Gasteiger partial charge in [-0.25, -0.2) is 4.98 Å². The number of hydrogen-bond acceptors (Lipinski definition) is 24. The molecule has 0 saturated heterocycles. The minimum Gasteiger partial charge on any atom is -0.480 e. The van der Waals surface area contributed by atoms with Crippen LogP contribution in [0.3, 0.4) is 0 Å². The summed E-state index contributed by atoms with van der Waals surface area (Å²) >= 11 is 11.0. The molecule has 5 atom stereocenters. The largest absolute Gasteiger partial charge is 0.480 e. The lowest BCUT2D eigenvalue weighted by molar-refractivity contribution is -0.145. The second-order valence-electron chi connectivity index (χ2n) is 26.9. The molecule has 0 bridgehead atoms. The quantitative estimate of drug-likeness (QED) is 0.0133. The maximum absolute atomic E-state index is 14.7. The summed E-state index contributed by atoms with van der Waals surface area (Å²) in [6.07, 6.45) is 4.64. The fourth-order valence-corrected chi connectivity index (χ4v) is 12.7. The summed E-state index contributed by atoms with van der Waals surface area (Å²) in [6, 6.07) is 13.9. The van der Waals surface area contributed by atoms with Crippen molar-refractivity contribution in [1.82, 2.24) is 81.6 Å². The third kappa shape index (κ3) is 37.6. The molecular weight excluding hydrogens is 1580 g/mol. The van der Waals surface area contributed by atoms with Crippen molar-refractivity contribution in [2.75, 3.05) is 142 Å². The second-order valence-corrected chi connectivity index (χ2v) is 27.7. The average Bonchev–Trinajstić information content (AvgIpc) is 1.68. The number of para-hydroxylation sites is 1. The zero-order valence-corrected chi connectivity index (χ0v) is 65.1. The molecule has 0 fully saturated rings. The highest BCUT2D eigenvalue weighted by Crippen LogP contribution is 2.22. The first-order valence-electron chi connectivity index (χ1n) is 36.2. The van der Waals surface area contributed by atoms with Gasteiger partial charge in [0.05, 0.1) is 84.9 Å². The molecule has 0 aliphatic heterocycles. The van der Waals surface area contributed by atoms with Crippen LogP contribution >= 0.6 is 24.4 Å². The Labute approximate surface area is 678 Å². The second kappa shape index (κ2) is 49.4. The van der Waals surface area contributed by atoms with Crippen LogP contribution < -0.4 is 47.9 Å². The van der Waals surface area contributed by atoms with Gasteiger partial charge in [-0.15, -0.1) is 0 Å². The van der Waals surface area contributed by atoms with Gasteiger partial charge in [-0.1, -0.05) is 42.5 Å². The first-order chi connectivity index (χ1) is 55.5. The average molecular weight is 1680 g/mol. The van der Waals surface area contributed by atoms with E-state index in [1.807, 2.05) is 12.1 Å². The lowest BCUT2D eigenvalue weighted by Crippen LogP contribution is -2.58. The van der Waals surface area contributed by atoms with Crippen LogP contribution in [0.1, 0.15) is 41.6 Å². The number of nitrogens with one attached hydrogen (secondary N) is 11. The van der Waals surface area contributed by atoms with E-state index in [0.717, 1.165) is 30.5 Å². The Hall–Kier alpha value is -12.4. The third-order valence-corrected chi connectivity index (χ3v) is 18.1. The Morgan fingerprint density at radius 1 is 0.427 bits per heavy atom. The summed E-state index contributed by atoms with van der Waals surface area (Å²) in [5.41, 5.74) is 3.61. The molecule has 5 rings (SSSR count). The van der Waals surface area contributed by atoms with Crippen LogP contribution in [-0.4, -0.2) is 356 Å². The molecule has 2 aromatic heterocycles. The van der Waals surface area contributed by atoms with Crippen molar-refractivity contribution < 1.29 is 123 Å². The van der Waals surface area contributed by atoms with Gasteiger partial charge in [0.15, 0.2) is 10.2 Å². The van der Waals surface area contributed by atoms with Crippen molar-refractivity contribution in [2.24, 2.45) is 0 Å². The summed E-state index contributed by atoms with van der Waals surface area (Å²) in [6.45, 7) is -9.43. The number of aromatic amines is 2. The Morgan fingerprint density at radius 2 is 0.829 bits per heavy atom. The number of aromatic nitrogens is 3. The maximum atomic E-state index is 14.7. The summed E-state index contributed by atoms with van der Waals surface area (Å²) in [7, 11) is 1.38. The highest BCUT2D eigenvalue weighted by molar-refractivity contribution is 7.80. The predicted octanol–water partition coefficient (Wildman–Crippen LogP) is -3.38. The van der Waals surface area contributed by atoms with Crippen molar-refractivity contribution >= 4 is 146 Å². The number of rotatable bonds is 57. The lowest BCUT2D eigenvalue weighted by atomic mass is 10.0. The van der Waals surface area contributed by atoms with Gasteiger partial charge in [0, 0.05) is 118 Å². The number of unbranched alkanes of at least 4 members (excludes halogenated alkanes) is 1. The predicted molar refractivity (Wildman–Crippen MR) is 423 cm³/mol. The molecule has 43 nitrogen and oxygen atoms in total. The van der Waals surface area contributed by atoms with Crippen LogP contribution in [0.25, 0.3) is 10.9 Å². The Balaban J connectivity index is 1.28. The molecule has 3 unspecified atom stereocenters. The maximum Gasteiger partial charge on any atom is 0.317 e. The van der Waals surface area contributed by atoms with Crippen molar-refractivity contribution in [1.29, 1.82) is 0 Å². The molecule has 5 amide bonds. The van der Waals surface area contributed by atoms with Crippen LogP contribution in [0.15, 0.2) is 91.5 Å². The van der Waals surface area contributed by atoms with Crippen molar-refractivity contribution in [2.45, 2.75) is 75.2 Å². The third-order valence-electron chi connectivity index (χ3n) is 17.6. The van der Waals surface area contributed by atoms with Gasteiger partial charge in [-0.2, -0.15) is 0 Å². The Morgan fingerprint density at radius 3 is 1.25 bits per heavy atom. The standard InChI is InChI=1S/C72H96N18O25S2/c1-73-68(113)55(25-48-27-74-42-79-48)84-70(115)54(24-45-26-76-52-7-3-2-6-51(45)52)83-69(114)53(82-57(92)29-78-72(117)81-47-15-11-44(12-16-47)23-50(90(40-66(109)110)41-67(111)112)31-86(33-59(95)96)19-21-88(36-62(101)102)37-63(103)104)8-4-5-17-75-56(91)28-77-71(116)80-46-13-9-43(10-14-46)22-49(89(38-64(105)106)39-65(107)108)30-85(32-58(93)94)18-20-87(34-60(97)98)35-61(99)100/h2-3,6-7,9-16,26-27,42,49-50,53-55,76H,4-5,8,17-25,28-41H2,1H3,(H,73,113)(H,74,79)(H,75,91)(H,82,92)(H,83,114)(H,84,115)(H,93,94)(H,95,96)(H,97,98)(H,99,100)(H,101,102)(H,103,104)(H,105,106)(H,107,108)(H,109,110)(H,111,112)(H2,77,80,116)(H2,78,81,117)/t49?,50?,53-,54-,55?/m1/s1. The Kier molecular flexibility index (Phi) is 40.2. The molecule has 45 heteroatoms. The molecule has 0 radical (unpaired) electrons. The zero-order chi connectivity index (χ0) is 86.3. The highest BCUT2D eigenvalue weighted by Gasteiger charge is 2.34. The minimum absolute atomic E-state index is 0.00697. The van der Waals surface area contributed by atoms with E-state index in [-0.39, 0.29) is 108 Å².